The van der Waals surface area contributed by atoms with Crippen molar-refractivity contribution in [2.24, 2.45) is 0 Å². The molecule has 2 nitrogen and oxygen atoms in total. The lowest BCUT2D eigenvalue weighted by Crippen LogP contribution is -2.50. The smallest absolute Gasteiger partial charge is 0.0980 e. The first-order valence-corrected chi connectivity index (χ1v) is 5.45. The van der Waals surface area contributed by atoms with Gasteiger partial charge in [-0.2, -0.15) is 0 Å². The van der Waals surface area contributed by atoms with Gasteiger partial charge in [0.15, 0.2) is 0 Å². The average molecular weight is 197 g/mol. The topological polar surface area (TPSA) is 21.3 Å². The fourth-order valence-electron chi connectivity index (χ4n) is 1.75. The molecule has 0 rings (SSSR count). The highest BCUT2D eigenvalue weighted by Gasteiger charge is 2.34. The minimum atomic E-state index is -0.204. The fourth-order valence-corrected chi connectivity index (χ4v) is 1.75. The predicted octanol–water partition coefficient (Wildman–Crippen LogP) is 2.19. The first kappa shape index (κ1) is 13.5. The summed E-state index contributed by atoms with van der Waals surface area (Å²) in [4.78, 5) is 0. The molecular formula is C12H23NO. The van der Waals surface area contributed by atoms with E-state index in [0.717, 1.165) is 25.8 Å². The van der Waals surface area contributed by atoms with Gasteiger partial charge in [0.25, 0.3) is 0 Å². The lowest BCUT2D eigenvalue weighted by atomic mass is 9.88. The molecule has 0 saturated carbocycles. The van der Waals surface area contributed by atoms with Crippen LogP contribution in [0.2, 0.25) is 0 Å². The number of hydrogen-bond acceptors (Lipinski definition) is 2. The van der Waals surface area contributed by atoms with Gasteiger partial charge in [0.1, 0.15) is 0 Å². The molecule has 0 aromatic heterocycles. The number of rotatable bonds is 7. The van der Waals surface area contributed by atoms with Crippen molar-refractivity contribution < 1.29 is 4.74 Å². The van der Waals surface area contributed by atoms with Gasteiger partial charge in [-0.25, -0.2) is 0 Å². The minimum absolute atomic E-state index is 0.0162. The zero-order valence-corrected chi connectivity index (χ0v) is 9.89. The van der Waals surface area contributed by atoms with E-state index in [9.17, 15) is 0 Å². The molecular weight excluding hydrogens is 174 g/mol. The van der Waals surface area contributed by atoms with E-state index in [1.54, 1.807) is 7.11 Å². The second kappa shape index (κ2) is 6.86. The number of nitrogens with one attached hydrogen (secondary N) is 1. The third kappa shape index (κ3) is 3.01. The Hall–Kier alpha value is -0.520. The Balaban J connectivity index is 4.51. The summed E-state index contributed by atoms with van der Waals surface area (Å²) in [7, 11) is 1.74. The second-order valence-electron chi connectivity index (χ2n) is 3.53. The van der Waals surface area contributed by atoms with Gasteiger partial charge < -0.3 is 10.1 Å². The largest absolute Gasteiger partial charge is 0.376 e. The number of terminal acetylenes is 1. The molecule has 14 heavy (non-hydrogen) atoms. The van der Waals surface area contributed by atoms with Gasteiger partial charge in [0.2, 0.25) is 0 Å². The zero-order valence-electron chi connectivity index (χ0n) is 9.89. The molecule has 0 heterocycles. The maximum absolute atomic E-state index is 5.58. The molecule has 0 aliphatic heterocycles. The van der Waals surface area contributed by atoms with Crippen molar-refractivity contribution in [1.82, 2.24) is 5.32 Å². The SMILES string of the molecule is C#CC(NCCC)C(CC)(CC)OC. The van der Waals surface area contributed by atoms with Crippen LogP contribution in [-0.2, 0) is 4.74 Å². The van der Waals surface area contributed by atoms with Crippen LogP contribution in [-0.4, -0.2) is 25.3 Å². The Morgan fingerprint density at radius 3 is 2.21 bits per heavy atom. The van der Waals surface area contributed by atoms with E-state index in [-0.39, 0.29) is 11.6 Å². The molecule has 0 aliphatic rings. The Labute approximate surface area is 88.4 Å². The highest BCUT2D eigenvalue weighted by Crippen LogP contribution is 2.23. The average Bonchev–Trinajstić information content (AvgIpc) is 2.25. The molecule has 0 amide bonds. The van der Waals surface area contributed by atoms with Crippen LogP contribution in [0, 0.1) is 12.3 Å². The molecule has 0 fully saturated rings. The molecule has 0 bridgehead atoms. The highest BCUT2D eigenvalue weighted by molar-refractivity contribution is 5.09. The van der Waals surface area contributed by atoms with Crippen LogP contribution in [0.25, 0.3) is 0 Å². The molecule has 1 unspecified atom stereocenters. The van der Waals surface area contributed by atoms with Crippen LogP contribution in [0.5, 0.6) is 0 Å². The van der Waals surface area contributed by atoms with Gasteiger partial charge in [-0.15, -0.1) is 6.42 Å². The molecule has 0 aromatic carbocycles. The summed E-state index contributed by atoms with van der Waals surface area (Å²) in [5.74, 6) is 2.79. The van der Waals surface area contributed by atoms with Crippen molar-refractivity contribution in [3.05, 3.63) is 0 Å². The number of hydrogen-bond donors (Lipinski definition) is 1. The summed E-state index contributed by atoms with van der Waals surface area (Å²) in [6, 6.07) is 0.0162. The quantitative estimate of drug-likeness (QED) is 0.632. The van der Waals surface area contributed by atoms with E-state index < -0.39 is 0 Å². The Kier molecular flexibility index (Phi) is 6.61. The molecule has 82 valence electrons. The minimum Gasteiger partial charge on any atom is -0.376 e. The molecule has 2 heteroatoms. The Morgan fingerprint density at radius 1 is 1.36 bits per heavy atom. The van der Waals surface area contributed by atoms with Crippen molar-refractivity contribution in [1.29, 1.82) is 0 Å². The third-order valence-electron chi connectivity index (χ3n) is 2.89. The lowest BCUT2D eigenvalue weighted by Gasteiger charge is -2.36. The van der Waals surface area contributed by atoms with E-state index in [1.165, 1.54) is 0 Å². The van der Waals surface area contributed by atoms with Crippen molar-refractivity contribution in [2.45, 2.75) is 51.7 Å². The van der Waals surface area contributed by atoms with Gasteiger partial charge in [-0.05, 0) is 25.8 Å². The molecule has 1 atom stereocenters. The molecule has 0 aliphatic carbocycles. The van der Waals surface area contributed by atoms with Crippen molar-refractivity contribution in [3.63, 3.8) is 0 Å². The first-order valence-electron chi connectivity index (χ1n) is 5.45. The third-order valence-corrected chi connectivity index (χ3v) is 2.89. The van der Waals surface area contributed by atoms with Crippen LogP contribution >= 0.6 is 0 Å². The number of methoxy groups -OCH3 is 1. The summed E-state index contributed by atoms with van der Waals surface area (Å²) in [5, 5.41) is 3.35. The van der Waals surface area contributed by atoms with E-state index in [2.05, 4.69) is 32.0 Å². The van der Waals surface area contributed by atoms with Crippen LogP contribution < -0.4 is 5.32 Å². The molecule has 0 aromatic rings. The summed E-state index contributed by atoms with van der Waals surface area (Å²) in [6.07, 6.45) is 8.49. The molecule has 1 N–H and O–H groups in total. The Morgan fingerprint density at radius 2 is 1.93 bits per heavy atom. The van der Waals surface area contributed by atoms with Crippen LogP contribution in [0.1, 0.15) is 40.0 Å². The maximum atomic E-state index is 5.58. The van der Waals surface area contributed by atoms with Crippen molar-refractivity contribution in [2.75, 3.05) is 13.7 Å². The summed E-state index contributed by atoms with van der Waals surface area (Å²) >= 11 is 0. The van der Waals surface area contributed by atoms with Crippen LogP contribution in [0.15, 0.2) is 0 Å². The predicted molar refractivity (Wildman–Crippen MR) is 61.2 cm³/mol. The zero-order chi connectivity index (χ0) is 11.0. The summed E-state index contributed by atoms with van der Waals surface area (Å²) in [6.45, 7) is 7.31. The van der Waals surface area contributed by atoms with E-state index in [4.69, 9.17) is 11.2 Å². The van der Waals surface area contributed by atoms with E-state index in [0.29, 0.717) is 0 Å². The van der Waals surface area contributed by atoms with Crippen molar-refractivity contribution in [3.8, 4) is 12.3 Å². The Bertz CT molecular complexity index is 171. The molecule has 0 spiro atoms. The maximum Gasteiger partial charge on any atom is 0.0980 e. The van der Waals surface area contributed by atoms with Crippen LogP contribution in [0.4, 0.5) is 0 Å². The lowest BCUT2D eigenvalue weighted by molar-refractivity contribution is -0.0326. The monoisotopic (exact) mass is 197 g/mol. The number of ether oxygens (including phenoxy) is 1. The summed E-state index contributed by atoms with van der Waals surface area (Å²) in [5.41, 5.74) is -0.204. The standard InChI is InChI=1S/C12H23NO/c1-6-10-13-11(7-2)12(8-3,9-4)14-5/h2,11,13H,6,8-10H2,1,3-5H3. The van der Waals surface area contributed by atoms with Gasteiger partial charge in [0.05, 0.1) is 11.6 Å². The van der Waals surface area contributed by atoms with Gasteiger partial charge in [-0.1, -0.05) is 26.7 Å². The van der Waals surface area contributed by atoms with Gasteiger partial charge in [0, 0.05) is 7.11 Å². The van der Waals surface area contributed by atoms with E-state index in [1.807, 2.05) is 0 Å². The first-order chi connectivity index (χ1) is 6.70. The second-order valence-corrected chi connectivity index (χ2v) is 3.53. The van der Waals surface area contributed by atoms with Crippen molar-refractivity contribution >= 4 is 0 Å². The fraction of sp³-hybridized carbons (Fsp3) is 0.833. The molecule has 0 radical (unpaired) electrons. The van der Waals surface area contributed by atoms with Gasteiger partial charge >= 0.3 is 0 Å². The van der Waals surface area contributed by atoms with E-state index >= 15 is 0 Å². The summed E-state index contributed by atoms with van der Waals surface area (Å²) < 4.78 is 5.58. The molecule has 0 saturated heterocycles. The normalized spacial score (nSPS) is 13.6. The highest BCUT2D eigenvalue weighted by atomic mass is 16.5. The van der Waals surface area contributed by atoms with Crippen LogP contribution in [0.3, 0.4) is 0 Å². The van der Waals surface area contributed by atoms with Gasteiger partial charge in [-0.3, -0.25) is 0 Å².